The molecular formula is C23H38FNO. The van der Waals surface area contributed by atoms with E-state index >= 15 is 0 Å². The number of unbranched alkanes of at least 4 members (excludes halogenated alkanes) is 4. The highest BCUT2D eigenvalue weighted by atomic mass is 19.1. The van der Waals surface area contributed by atoms with Crippen LogP contribution in [0, 0.1) is 29.1 Å². The average molecular weight is 364 g/mol. The first-order chi connectivity index (χ1) is 12.6. The van der Waals surface area contributed by atoms with Gasteiger partial charge in [0.25, 0.3) is 0 Å². The third kappa shape index (κ3) is 6.38. The van der Waals surface area contributed by atoms with Gasteiger partial charge in [0.05, 0.1) is 5.60 Å². The number of hydrogen-bond acceptors (Lipinski definition) is 2. The topological polar surface area (TPSA) is 33.0 Å². The van der Waals surface area contributed by atoms with E-state index in [1.807, 2.05) is 0 Å². The van der Waals surface area contributed by atoms with Gasteiger partial charge in [0.2, 0.25) is 0 Å². The molecule has 2 rings (SSSR count). The summed E-state index contributed by atoms with van der Waals surface area (Å²) in [5.74, 6) is 1.88. The van der Waals surface area contributed by atoms with Gasteiger partial charge in [0.15, 0.2) is 5.83 Å². The molecule has 0 aromatic rings. The van der Waals surface area contributed by atoms with Gasteiger partial charge in [-0.25, -0.2) is 0 Å². The molecule has 0 aromatic carbocycles. The molecule has 0 N–H and O–H groups in total. The third-order valence-corrected chi connectivity index (χ3v) is 7.05. The lowest BCUT2D eigenvalue weighted by Gasteiger charge is -2.41. The van der Waals surface area contributed by atoms with Crippen molar-refractivity contribution in [3.05, 3.63) is 11.9 Å². The standard InChI is InChI=1S/C23H38FNO/c1-3-4-5-6-7-8-19-9-11-20(12-10-19)21-13-15-23(26-2,16-14-21)17-22(24)18-25/h17,19-21H,3-16H2,1-2H3. The lowest BCUT2D eigenvalue weighted by atomic mass is 9.67. The van der Waals surface area contributed by atoms with Crippen molar-refractivity contribution in [3.8, 4) is 6.07 Å². The SMILES string of the molecule is CCCCCCCC1CCC(C2CCC(C=C(F)C#N)(OC)CC2)CC1. The summed E-state index contributed by atoms with van der Waals surface area (Å²) < 4.78 is 19.0. The maximum atomic E-state index is 13.4. The van der Waals surface area contributed by atoms with Crippen LogP contribution in [0.4, 0.5) is 4.39 Å². The number of halogens is 1. The number of nitriles is 1. The highest BCUT2D eigenvalue weighted by molar-refractivity contribution is 5.19. The molecule has 2 saturated carbocycles. The molecule has 148 valence electrons. The van der Waals surface area contributed by atoms with Gasteiger partial charge in [-0.15, -0.1) is 0 Å². The third-order valence-electron chi connectivity index (χ3n) is 7.05. The lowest BCUT2D eigenvalue weighted by Crippen LogP contribution is -2.37. The molecule has 0 amide bonds. The number of methoxy groups -OCH3 is 1. The van der Waals surface area contributed by atoms with E-state index in [1.165, 1.54) is 70.3 Å². The van der Waals surface area contributed by atoms with E-state index in [-0.39, 0.29) is 0 Å². The zero-order valence-corrected chi connectivity index (χ0v) is 16.9. The average Bonchev–Trinajstić information content (AvgIpc) is 2.69. The van der Waals surface area contributed by atoms with Gasteiger partial charge >= 0.3 is 0 Å². The number of hydrogen-bond donors (Lipinski definition) is 0. The molecule has 2 aliphatic rings. The van der Waals surface area contributed by atoms with Crippen molar-refractivity contribution in [2.24, 2.45) is 17.8 Å². The van der Waals surface area contributed by atoms with Crippen molar-refractivity contribution in [2.45, 2.75) is 102 Å². The molecule has 3 heteroatoms. The maximum Gasteiger partial charge on any atom is 0.198 e. The summed E-state index contributed by atoms with van der Waals surface area (Å²) in [7, 11) is 1.65. The van der Waals surface area contributed by atoms with Gasteiger partial charge in [0.1, 0.15) is 6.07 Å². The fraction of sp³-hybridized carbons (Fsp3) is 0.870. The predicted octanol–water partition coefficient (Wildman–Crippen LogP) is 7.11. The van der Waals surface area contributed by atoms with E-state index in [2.05, 4.69) is 6.92 Å². The number of rotatable bonds is 9. The summed E-state index contributed by atoms with van der Waals surface area (Å²) in [4.78, 5) is 0. The van der Waals surface area contributed by atoms with E-state index in [0.29, 0.717) is 0 Å². The quantitative estimate of drug-likeness (QED) is 0.323. The Morgan fingerprint density at radius 1 is 1.04 bits per heavy atom. The smallest absolute Gasteiger partial charge is 0.198 e. The van der Waals surface area contributed by atoms with E-state index in [1.54, 1.807) is 13.2 Å². The molecule has 0 radical (unpaired) electrons. The van der Waals surface area contributed by atoms with E-state index in [4.69, 9.17) is 10.00 Å². The minimum absolute atomic E-state index is 0.550. The van der Waals surface area contributed by atoms with Crippen LogP contribution in [-0.2, 0) is 4.74 Å². The van der Waals surface area contributed by atoms with Gasteiger partial charge in [-0.3, -0.25) is 0 Å². The summed E-state index contributed by atoms with van der Waals surface area (Å²) in [5, 5.41) is 8.71. The minimum Gasteiger partial charge on any atom is -0.374 e. The zero-order chi connectivity index (χ0) is 18.8. The van der Waals surface area contributed by atoms with Crippen molar-refractivity contribution in [1.82, 2.24) is 0 Å². The molecule has 2 aliphatic carbocycles. The Kier molecular flexibility index (Phi) is 9.12. The Morgan fingerprint density at radius 2 is 1.65 bits per heavy atom. The van der Waals surface area contributed by atoms with Crippen LogP contribution in [0.2, 0.25) is 0 Å². The van der Waals surface area contributed by atoms with Crippen molar-refractivity contribution >= 4 is 0 Å². The van der Waals surface area contributed by atoms with Gasteiger partial charge in [-0.2, -0.15) is 9.65 Å². The molecule has 0 atom stereocenters. The van der Waals surface area contributed by atoms with Crippen LogP contribution in [0.25, 0.3) is 0 Å². The minimum atomic E-state index is -0.704. The number of ether oxygens (including phenoxy) is 1. The normalized spacial score (nSPS) is 33.0. The molecule has 26 heavy (non-hydrogen) atoms. The summed E-state index contributed by atoms with van der Waals surface area (Å²) in [6.45, 7) is 2.28. The molecule has 2 nitrogen and oxygen atoms in total. The first kappa shape index (κ1) is 21.4. The van der Waals surface area contributed by atoms with Crippen LogP contribution in [0.15, 0.2) is 11.9 Å². The molecule has 0 spiro atoms. The monoisotopic (exact) mass is 363 g/mol. The van der Waals surface area contributed by atoms with Crippen LogP contribution >= 0.6 is 0 Å². The molecule has 0 aliphatic heterocycles. The molecule has 0 bridgehead atoms. The second-order valence-corrected chi connectivity index (χ2v) is 8.69. The van der Waals surface area contributed by atoms with E-state index in [0.717, 1.165) is 43.4 Å². The predicted molar refractivity (Wildman–Crippen MR) is 105 cm³/mol. The van der Waals surface area contributed by atoms with Gasteiger partial charge in [-0.05, 0) is 62.4 Å². The molecule has 0 heterocycles. The zero-order valence-electron chi connectivity index (χ0n) is 16.9. The molecule has 2 fully saturated rings. The van der Waals surface area contributed by atoms with Gasteiger partial charge in [0, 0.05) is 7.11 Å². The molecule has 0 saturated heterocycles. The van der Waals surface area contributed by atoms with Crippen LogP contribution < -0.4 is 0 Å². The molecule has 0 unspecified atom stereocenters. The van der Waals surface area contributed by atoms with Crippen molar-refractivity contribution in [3.63, 3.8) is 0 Å². The highest BCUT2D eigenvalue weighted by Gasteiger charge is 2.37. The second-order valence-electron chi connectivity index (χ2n) is 8.69. The van der Waals surface area contributed by atoms with E-state index < -0.39 is 11.4 Å². The number of allylic oxidation sites excluding steroid dienone is 1. The van der Waals surface area contributed by atoms with Gasteiger partial charge in [-0.1, -0.05) is 58.3 Å². The fourth-order valence-corrected chi connectivity index (χ4v) is 5.26. The first-order valence-corrected chi connectivity index (χ1v) is 11.0. The molecule has 0 aromatic heterocycles. The summed E-state index contributed by atoms with van der Waals surface area (Å²) >= 11 is 0. The van der Waals surface area contributed by atoms with Crippen molar-refractivity contribution in [1.29, 1.82) is 5.26 Å². The van der Waals surface area contributed by atoms with Gasteiger partial charge < -0.3 is 4.74 Å². The van der Waals surface area contributed by atoms with Crippen LogP contribution in [-0.4, -0.2) is 12.7 Å². The first-order valence-electron chi connectivity index (χ1n) is 11.0. The van der Waals surface area contributed by atoms with Crippen molar-refractivity contribution in [2.75, 3.05) is 7.11 Å². The van der Waals surface area contributed by atoms with Crippen LogP contribution in [0.5, 0.6) is 0 Å². The Bertz CT molecular complexity index is 465. The van der Waals surface area contributed by atoms with E-state index in [9.17, 15) is 4.39 Å². The summed E-state index contributed by atoms with van der Waals surface area (Å²) in [5.41, 5.74) is -0.550. The Balaban J connectivity index is 1.70. The van der Waals surface area contributed by atoms with Crippen LogP contribution in [0.3, 0.4) is 0 Å². The lowest BCUT2D eigenvalue weighted by molar-refractivity contribution is -0.0211. The van der Waals surface area contributed by atoms with Crippen molar-refractivity contribution < 1.29 is 9.13 Å². The summed E-state index contributed by atoms with van der Waals surface area (Å²) in [6.07, 6.45) is 19.3. The summed E-state index contributed by atoms with van der Waals surface area (Å²) in [6, 6.07) is 1.59. The Hall–Kier alpha value is -0.880. The largest absolute Gasteiger partial charge is 0.374 e. The second kappa shape index (κ2) is 11.1. The molecular weight excluding hydrogens is 325 g/mol. The fourth-order valence-electron chi connectivity index (χ4n) is 5.26. The van der Waals surface area contributed by atoms with Crippen LogP contribution in [0.1, 0.15) is 96.8 Å². The number of nitrogens with zero attached hydrogens (tertiary/aromatic N) is 1. The Morgan fingerprint density at radius 3 is 2.23 bits per heavy atom. The maximum absolute atomic E-state index is 13.4. The highest BCUT2D eigenvalue weighted by Crippen LogP contribution is 2.44. The Labute approximate surface area is 160 Å².